The summed E-state index contributed by atoms with van der Waals surface area (Å²) in [4.78, 5) is 6.55. The maximum absolute atomic E-state index is 13.7. The van der Waals surface area contributed by atoms with Crippen molar-refractivity contribution in [2.24, 2.45) is 4.99 Å². The van der Waals surface area contributed by atoms with Crippen LogP contribution in [-0.2, 0) is 4.74 Å². The molecule has 0 aliphatic carbocycles. The highest BCUT2D eigenvalue weighted by Crippen LogP contribution is 2.16. The molecule has 0 aliphatic heterocycles. The number of nitrogens with zero attached hydrogens (tertiary/aromatic N) is 2. The summed E-state index contributed by atoms with van der Waals surface area (Å²) in [6.45, 7) is 6.10. The number of rotatable bonds is 11. The minimum absolute atomic E-state index is 0. The fourth-order valence-corrected chi connectivity index (χ4v) is 2.32. The van der Waals surface area contributed by atoms with E-state index in [0.29, 0.717) is 12.5 Å². The Bertz CT molecular complexity index is 520. The molecule has 0 aliphatic rings. The molecule has 26 heavy (non-hydrogen) atoms. The lowest BCUT2D eigenvalue weighted by atomic mass is 10.1. The van der Waals surface area contributed by atoms with Crippen molar-refractivity contribution in [3.05, 3.63) is 35.6 Å². The van der Waals surface area contributed by atoms with Gasteiger partial charge in [-0.3, -0.25) is 4.99 Å². The van der Waals surface area contributed by atoms with Gasteiger partial charge in [-0.2, -0.15) is 0 Å². The van der Waals surface area contributed by atoms with E-state index >= 15 is 0 Å². The number of methoxy groups -OCH3 is 1. The maximum atomic E-state index is 13.7. The molecular formula is C18H32FIN4O2. The van der Waals surface area contributed by atoms with Crippen LogP contribution in [-0.4, -0.2) is 69.5 Å². The third kappa shape index (κ3) is 10.2. The number of aliphatic hydroxyl groups is 1. The van der Waals surface area contributed by atoms with E-state index in [-0.39, 0.29) is 36.1 Å². The molecule has 3 N–H and O–H groups in total. The predicted molar refractivity (Wildman–Crippen MR) is 115 cm³/mol. The second-order valence-electron chi connectivity index (χ2n) is 5.83. The minimum Gasteiger partial charge on any atom is -0.386 e. The zero-order valence-electron chi connectivity index (χ0n) is 15.9. The number of hydrogen-bond donors (Lipinski definition) is 3. The van der Waals surface area contributed by atoms with Gasteiger partial charge in [0.25, 0.3) is 0 Å². The summed E-state index contributed by atoms with van der Waals surface area (Å²) in [5.74, 6) is 0.198. The first kappa shape index (κ1) is 25.0. The first-order valence-electron chi connectivity index (χ1n) is 8.70. The smallest absolute Gasteiger partial charge is 0.191 e. The first-order chi connectivity index (χ1) is 12.1. The SMILES string of the molecule is CCNC(=NCC(O)c1ccccc1F)NCCN(C)CCCOC.I. The standard InChI is InChI=1S/C18H31FN4O2.HI/c1-4-20-18(21-10-12-23(2)11-7-13-25-3)22-14-17(24)15-8-5-6-9-16(15)19;/h5-6,8-9,17,24H,4,7,10-14H2,1-3H3,(H2,20,21,22);1H. The van der Waals surface area contributed by atoms with Gasteiger partial charge in [-0.1, -0.05) is 18.2 Å². The van der Waals surface area contributed by atoms with Crippen molar-refractivity contribution in [2.45, 2.75) is 19.4 Å². The number of guanidine groups is 1. The van der Waals surface area contributed by atoms with E-state index in [1.807, 2.05) is 6.92 Å². The average Bonchev–Trinajstić information content (AvgIpc) is 2.60. The molecule has 6 nitrogen and oxygen atoms in total. The van der Waals surface area contributed by atoms with E-state index in [4.69, 9.17) is 4.74 Å². The molecular weight excluding hydrogens is 450 g/mol. The van der Waals surface area contributed by atoms with Crippen LogP contribution in [0.4, 0.5) is 4.39 Å². The summed E-state index contributed by atoms with van der Waals surface area (Å²) in [5, 5.41) is 16.5. The van der Waals surface area contributed by atoms with Gasteiger partial charge in [-0.25, -0.2) is 4.39 Å². The van der Waals surface area contributed by atoms with E-state index in [0.717, 1.165) is 32.7 Å². The highest BCUT2D eigenvalue weighted by atomic mass is 127. The summed E-state index contributed by atoms with van der Waals surface area (Å²) < 4.78 is 18.7. The van der Waals surface area contributed by atoms with Crippen LogP contribution in [0.1, 0.15) is 25.0 Å². The Balaban J connectivity index is 0.00000625. The largest absolute Gasteiger partial charge is 0.386 e. The Hall–Kier alpha value is -0.970. The molecule has 150 valence electrons. The van der Waals surface area contributed by atoms with Crippen molar-refractivity contribution >= 4 is 29.9 Å². The van der Waals surface area contributed by atoms with Gasteiger partial charge in [0.2, 0.25) is 0 Å². The lowest BCUT2D eigenvalue weighted by Crippen LogP contribution is -2.41. The summed E-state index contributed by atoms with van der Waals surface area (Å²) in [7, 11) is 3.76. The number of nitrogens with one attached hydrogen (secondary N) is 2. The molecule has 0 saturated heterocycles. The number of hydrogen-bond acceptors (Lipinski definition) is 4. The zero-order valence-corrected chi connectivity index (χ0v) is 18.2. The highest BCUT2D eigenvalue weighted by molar-refractivity contribution is 14.0. The van der Waals surface area contributed by atoms with Gasteiger partial charge in [0.1, 0.15) is 11.9 Å². The number of aliphatic hydroxyl groups excluding tert-OH is 1. The molecule has 0 bridgehead atoms. The summed E-state index contributed by atoms with van der Waals surface area (Å²) in [6, 6.07) is 6.22. The molecule has 1 aromatic rings. The van der Waals surface area contributed by atoms with Gasteiger partial charge in [-0.05, 0) is 26.5 Å². The van der Waals surface area contributed by atoms with Gasteiger partial charge in [-0.15, -0.1) is 24.0 Å². The number of halogens is 2. The van der Waals surface area contributed by atoms with Crippen LogP contribution in [0.5, 0.6) is 0 Å². The minimum atomic E-state index is -0.964. The molecule has 0 spiro atoms. The Morgan fingerprint density at radius 3 is 2.69 bits per heavy atom. The molecule has 1 aromatic carbocycles. The molecule has 0 fully saturated rings. The van der Waals surface area contributed by atoms with Crippen LogP contribution in [0.3, 0.4) is 0 Å². The third-order valence-corrected chi connectivity index (χ3v) is 3.71. The van der Waals surface area contributed by atoms with Crippen LogP contribution in [0, 0.1) is 5.82 Å². The van der Waals surface area contributed by atoms with Gasteiger partial charge in [0.05, 0.1) is 6.54 Å². The van der Waals surface area contributed by atoms with Crippen molar-refractivity contribution in [3.8, 4) is 0 Å². The number of aliphatic imine (C=N–C) groups is 1. The lowest BCUT2D eigenvalue weighted by Gasteiger charge is -2.18. The van der Waals surface area contributed by atoms with Crippen molar-refractivity contribution in [1.29, 1.82) is 0 Å². The Morgan fingerprint density at radius 1 is 1.31 bits per heavy atom. The fourth-order valence-electron chi connectivity index (χ4n) is 2.32. The fraction of sp³-hybridized carbons (Fsp3) is 0.611. The van der Waals surface area contributed by atoms with Gasteiger partial charge in [0, 0.05) is 45.5 Å². The van der Waals surface area contributed by atoms with E-state index in [2.05, 4.69) is 27.6 Å². The van der Waals surface area contributed by atoms with Crippen LogP contribution < -0.4 is 10.6 Å². The molecule has 0 saturated carbocycles. The highest BCUT2D eigenvalue weighted by Gasteiger charge is 2.11. The molecule has 0 radical (unpaired) electrons. The summed E-state index contributed by atoms with van der Waals surface area (Å²) in [6.07, 6.45) is 0.0316. The van der Waals surface area contributed by atoms with Gasteiger partial charge >= 0.3 is 0 Å². The zero-order chi connectivity index (χ0) is 18.5. The van der Waals surface area contributed by atoms with Crippen LogP contribution in [0.15, 0.2) is 29.3 Å². The Kier molecular flexibility index (Phi) is 14.6. The van der Waals surface area contributed by atoms with Crippen LogP contribution in [0.25, 0.3) is 0 Å². The van der Waals surface area contributed by atoms with Crippen LogP contribution in [0.2, 0.25) is 0 Å². The Labute approximate surface area is 173 Å². The van der Waals surface area contributed by atoms with Gasteiger partial charge < -0.3 is 25.4 Å². The number of likely N-dealkylation sites (N-methyl/N-ethyl adjacent to an activating group) is 1. The summed E-state index contributed by atoms with van der Waals surface area (Å²) >= 11 is 0. The molecule has 0 heterocycles. The lowest BCUT2D eigenvalue weighted by molar-refractivity contribution is 0.179. The second kappa shape index (κ2) is 15.1. The van der Waals surface area contributed by atoms with Crippen molar-refractivity contribution in [3.63, 3.8) is 0 Å². The normalized spacial score (nSPS) is 12.6. The topological polar surface area (TPSA) is 69.1 Å². The maximum Gasteiger partial charge on any atom is 0.191 e. The van der Waals surface area contributed by atoms with Crippen molar-refractivity contribution in [2.75, 3.05) is 53.5 Å². The summed E-state index contributed by atoms with van der Waals surface area (Å²) in [5.41, 5.74) is 0.264. The van der Waals surface area contributed by atoms with Gasteiger partial charge in [0.15, 0.2) is 5.96 Å². The first-order valence-corrected chi connectivity index (χ1v) is 8.70. The predicted octanol–water partition coefficient (Wildman–Crippen LogP) is 2.00. The van der Waals surface area contributed by atoms with E-state index in [1.54, 1.807) is 25.3 Å². The van der Waals surface area contributed by atoms with E-state index < -0.39 is 11.9 Å². The number of benzene rings is 1. The molecule has 8 heteroatoms. The average molecular weight is 482 g/mol. The Morgan fingerprint density at radius 2 is 2.04 bits per heavy atom. The third-order valence-electron chi connectivity index (χ3n) is 3.71. The van der Waals surface area contributed by atoms with Crippen molar-refractivity contribution < 1.29 is 14.2 Å². The molecule has 0 aromatic heterocycles. The van der Waals surface area contributed by atoms with E-state index in [1.165, 1.54) is 6.07 Å². The van der Waals surface area contributed by atoms with E-state index in [9.17, 15) is 9.50 Å². The molecule has 1 unspecified atom stereocenters. The second-order valence-corrected chi connectivity index (χ2v) is 5.83. The quantitative estimate of drug-likeness (QED) is 0.195. The molecule has 0 amide bonds. The molecule has 1 atom stereocenters. The molecule has 1 rings (SSSR count). The van der Waals surface area contributed by atoms with Crippen molar-refractivity contribution in [1.82, 2.24) is 15.5 Å². The van der Waals surface area contributed by atoms with Crippen LogP contribution >= 0.6 is 24.0 Å². The monoisotopic (exact) mass is 482 g/mol. The number of ether oxygens (including phenoxy) is 1.